The Morgan fingerprint density at radius 1 is 1.33 bits per heavy atom. The van der Waals surface area contributed by atoms with Crippen molar-refractivity contribution in [2.75, 3.05) is 0 Å². The van der Waals surface area contributed by atoms with Crippen molar-refractivity contribution < 1.29 is 8.42 Å². The molecule has 0 aliphatic heterocycles. The van der Waals surface area contributed by atoms with Gasteiger partial charge in [0.05, 0.1) is 11.4 Å². The van der Waals surface area contributed by atoms with Gasteiger partial charge in [-0.15, -0.1) is 0 Å². The third-order valence-electron chi connectivity index (χ3n) is 3.55. The summed E-state index contributed by atoms with van der Waals surface area (Å²) in [6.45, 7) is 4.14. The van der Waals surface area contributed by atoms with Gasteiger partial charge in [-0.3, -0.25) is 0 Å². The molecule has 2 rings (SSSR count). The van der Waals surface area contributed by atoms with Gasteiger partial charge >= 0.3 is 0 Å². The van der Waals surface area contributed by atoms with Crippen molar-refractivity contribution in [1.29, 1.82) is 0 Å². The summed E-state index contributed by atoms with van der Waals surface area (Å²) < 4.78 is 29.3. The number of hydrogen-bond donors (Lipinski definition) is 2. The van der Waals surface area contributed by atoms with Crippen LogP contribution >= 0.6 is 0 Å². The minimum atomic E-state index is -3.60. The predicted octanol–water partition coefficient (Wildman–Crippen LogP) is 0.974. The Hall–Kier alpha value is -1.70. The van der Waals surface area contributed by atoms with Crippen LogP contribution < -0.4 is 10.5 Å². The van der Waals surface area contributed by atoms with Gasteiger partial charge in [0.1, 0.15) is 5.82 Å². The minimum absolute atomic E-state index is 0.150. The molecule has 0 atom stereocenters. The minimum Gasteiger partial charge on any atom is -0.337 e. The molecule has 0 radical (unpaired) electrons. The van der Waals surface area contributed by atoms with E-state index in [4.69, 9.17) is 5.73 Å². The van der Waals surface area contributed by atoms with Crippen molar-refractivity contribution >= 4 is 10.0 Å². The van der Waals surface area contributed by atoms with Crippen LogP contribution in [-0.2, 0) is 30.2 Å². The highest BCUT2D eigenvalue weighted by Gasteiger charge is 2.19. The number of sulfonamides is 1. The first-order chi connectivity index (χ1) is 9.85. The third-order valence-corrected chi connectivity index (χ3v) is 5.07. The molecule has 1 heterocycles. The topological polar surface area (TPSA) is 90.0 Å². The fraction of sp³-hybridized carbons (Fsp3) is 0.357. The van der Waals surface area contributed by atoms with E-state index in [-0.39, 0.29) is 11.4 Å². The highest BCUT2D eigenvalue weighted by molar-refractivity contribution is 7.89. The number of nitrogens with one attached hydrogen (secondary N) is 1. The molecule has 7 heteroatoms. The lowest BCUT2D eigenvalue weighted by molar-refractivity contribution is 0.576. The summed E-state index contributed by atoms with van der Waals surface area (Å²) in [7, 11) is -1.78. The Labute approximate surface area is 125 Å². The number of aromatic nitrogens is 2. The molecule has 0 saturated carbocycles. The van der Waals surface area contributed by atoms with Crippen molar-refractivity contribution in [2.45, 2.75) is 31.8 Å². The molecule has 0 aliphatic carbocycles. The zero-order valence-corrected chi connectivity index (χ0v) is 13.2. The zero-order chi connectivity index (χ0) is 15.6. The van der Waals surface area contributed by atoms with Crippen LogP contribution in [0.3, 0.4) is 0 Å². The van der Waals surface area contributed by atoms with Crippen LogP contribution in [0.5, 0.6) is 0 Å². The maximum atomic E-state index is 12.5. The summed E-state index contributed by atoms with van der Waals surface area (Å²) in [6.07, 6.45) is 3.40. The summed E-state index contributed by atoms with van der Waals surface area (Å²) in [5.74, 6) is 0.655. The number of imidazole rings is 1. The molecule has 0 amide bonds. The first-order valence-electron chi connectivity index (χ1n) is 6.61. The largest absolute Gasteiger partial charge is 0.337 e. The number of benzene rings is 1. The Morgan fingerprint density at radius 2 is 2.05 bits per heavy atom. The van der Waals surface area contributed by atoms with Crippen molar-refractivity contribution in [3.8, 4) is 0 Å². The molecule has 2 aromatic rings. The third kappa shape index (κ3) is 3.31. The van der Waals surface area contributed by atoms with E-state index in [1.807, 2.05) is 20.0 Å². The van der Waals surface area contributed by atoms with Gasteiger partial charge in [0.25, 0.3) is 0 Å². The number of aryl methyl sites for hydroxylation is 2. The molecule has 0 bridgehead atoms. The van der Waals surface area contributed by atoms with Gasteiger partial charge in [-0.05, 0) is 36.6 Å². The Bertz CT molecular complexity index is 750. The van der Waals surface area contributed by atoms with Crippen LogP contribution in [0.15, 0.2) is 29.4 Å². The van der Waals surface area contributed by atoms with Crippen molar-refractivity contribution in [2.24, 2.45) is 12.8 Å². The second-order valence-electron chi connectivity index (χ2n) is 5.02. The van der Waals surface area contributed by atoms with E-state index in [2.05, 4.69) is 9.71 Å². The molecule has 0 unspecified atom stereocenters. The number of hydrogen-bond acceptors (Lipinski definition) is 4. The van der Waals surface area contributed by atoms with E-state index in [1.165, 1.54) is 0 Å². The van der Waals surface area contributed by atoms with E-state index < -0.39 is 10.0 Å². The van der Waals surface area contributed by atoms with Gasteiger partial charge in [-0.2, -0.15) is 0 Å². The van der Waals surface area contributed by atoms with Crippen LogP contribution in [0.4, 0.5) is 0 Å². The highest BCUT2D eigenvalue weighted by atomic mass is 32.2. The van der Waals surface area contributed by atoms with Crippen molar-refractivity contribution in [3.05, 3.63) is 47.0 Å². The summed E-state index contributed by atoms with van der Waals surface area (Å²) in [6, 6.07) is 3.54. The van der Waals surface area contributed by atoms with Crippen molar-refractivity contribution in [1.82, 2.24) is 14.3 Å². The molecule has 1 aromatic heterocycles. The van der Waals surface area contributed by atoms with Gasteiger partial charge < -0.3 is 10.3 Å². The lowest BCUT2D eigenvalue weighted by Crippen LogP contribution is -2.26. The first-order valence-corrected chi connectivity index (χ1v) is 8.09. The van der Waals surface area contributed by atoms with E-state index in [0.29, 0.717) is 12.4 Å². The van der Waals surface area contributed by atoms with Crippen LogP contribution in [0.2, 0.25) is 0 Å². The van der Waals surface area contributed by atoms with Crippen LogP contribution in [-0.4, -0.2) is 18.0 Å². The Balaban J connectivity index is 2.31. The SMILES string of the molecule is Cc1cc(CN)cc(S(=O)(=O)NCc2nccn2C)c1C. The summed E-state index contributed by atoms with van der Waals surface area (Å²) >= 11 is 0. The molecule has 0 aliphatic rings. The molecule has 0 saturated heterocycles. The van der Waals surface area contributed by atoms with Gasteiger partial charge in [-0.25, -0.2) is 18.1 Å². The Morgan fingerprint density at radius 3 is 2.62 bits per heavy atom. The molecule has 0 fully saturated rings. The van der Waals surface area contributed by atoms with E-state index in [1.54, 1.807) is 30.0 Å². The molecule has 1 aromatic carbocycles. The zero-order valence-electron chi connectivity index (χ0n) is 12.4. The second kappa shape index (κ2) is 5.97. The number of rotatable bonds is 5. The molecule has 114 valence electrons. The summed E-state index contributed by atoms with van der Waals surface area (Å²) in [5.41, 5.74) is 8.07. The van der Waals surface area contributed by atoms with Gasteiger partial charge in [0.2, 0.25) is 10.0 Å². The van der Waals surface area contributed by atoms with Crippen LogP contribution in [0.1, 0.15) is 22.5 Å². The summed E-state index contributed by atoms with van der Waals surface area (Å²) in [5, 5.41) is 0. The van der Waals surface area contributed by atoms with Crippen LogP contribution in [0, 0.1) is 13.8 Å². The Kier molecular flexibility index (Phi) is 4.46. The van der Waals surface area contributed by atoms with E-state index in [0.717, 1.165) is 16.7 Å². The second-order valence-corrected chi connectivity index (χ2v) is 6.75. The van der Waals surface area contributed by atoms with E-state index in [9.17, 15) is 8.42 Å². The van der Waals surface area contributed by atoms with Crippen LogP contribution in [0.25, 0.3) is 0 Å². The molecule has 0 spiro atoms. The predicted molar refractivity (Wildman–Crippen MR) is 81.0 cm³/mol. The molecular weight excluding hydrogens is 288 g/mol. The summed E-state index contributed by atoms with van der Waals surface area (Å²) in [4.78, 5) is 4.38. The van der Waals surface area contributed by atoms with Gasteiger partial charge in [-0.1, -0.05) is 6.07 Å². The maximum absolute atomic E-state index is 12.5. The quantitative estimate of drug-likeness (QED) is 0.861. The maximum Gasteiger partial charge on any atom is 0.241 e. The fourth-order valence-corrected chi connectivity index (χ4v) is 3.45. The molecule has 21 heavy (non-hydrogen) atoms. The fourth-order valence-electron chi connectivity index (χ4n) is 2.10. The standard InChI is InChI=1S/C14H20N4O2S/c1-10-6-12(8-15)7-13(11(10)2)21(19,20)17-9-14-16-4-5-18(14)3/h4-7,17H,8-9,15H2,1-3H3. The number of nitrogens with two attached hydrogens (primary N) is 1. The molecule has 6 nitrogen and oxygen atoms in total. The average Bonchev–Trinajstić information content (AvgIpc) is 2.84. The molecule has 3 N–H and O–H groups in total. The van der Waals surface area contributed by atoms with Crippen molar-refractivity contribution in [3.63, 3.8) is 0 Å². The highest BCUT2D eigenvalue weighted by Crippen LogP contribution is 2.21. The van der Waals surface area contributed by atoms with E-state index >= 15 is 0 Å². The normalized spacial score (nSPS) is 11.8. The first kappa shape index (κ1) is 15.7. The smallest absolute Gasteiger partial charge is 0.241 e. The number of nitrogens with zero attached hydrogens (tertiary/aromatic N) is 2. The average molecular weight is 308 g/mol. The van der Waals surface area contributed by atoms with Gasteiger partial charge in [0, 0.05) is 26.0 Å². The lowest BCUT2D eigenvalue weighted by atomic mass is 10.1. The lowest BCUT2D eigenvalue weighted by Gasteiger charge is -2.13. The van der Waals surface area contributed by atoms with Gasteiger partial charge in [0.15, 0.2) is 0 Å². The monoisotopic (exact) mass is 308 g/mol. The molecular formula is C14H20N4O2S.